The van der Waals surface area contributed by atoms with Crippen molar-refractivity contribution in [2.24, 2.45) is 0 Å². The molecular formula is C21H24N2O7. The Morgan fingerprint density at radius 3 is 1.57 bits per heavy atom. The molecule has 0 aromatic heterocycles. The summed E-state index contributed by atoms with van der Waals surface area (Å²) in [5, 5.41) is 53.7. The van der Waals surface area contributed by atoms with E-state index in [1.54, 1.807) is 6.92 Å². The molecule has 9 heteroatoms. The molecule has 0 aliphatic heterocycles. The molecule has 0 unspecified atom stereocenters. The molecule has 2 amide bonds. The van der Waals surface area contributed by atoms with E-state index in [1.807, 2.05) is 0 Å². The minimum absolute atomic E-state index is 0.0301. The van der Waals surface area contributed by atoms with Gasteiger partial charge in [0, 0.05) is 23.2 Å². The van der Waals surface area contributed by atoms with E-state index in [0.717, 1.165) is 25.0 Å². The summed E-state index contributed by atoms with van der Waals surface area (Å²) in [6.45, 7) is 1.57. The highest BCUT2D eigenvalue weighted by atomic mass is 16.3. The van der Waals surface area contributed by atoms with Crippen LogP contribution in [0.25, 0.3) is 0 Å². The maximum absolute atomic E-state index is 12.6. The zero-order valence-electron chi connectivity index (χ0n) is 16.3. The van der Waals surface area contributed by atoms with Crippen LogP contribution in [0.1, 0.15) is 52.0 Å². The number of benzene rings is 2. The van der Waals surface area contributed by atoms with Crippen molar-refractivity contribution in [3.05, 3.63) is 41.0 Å². The average Bonchev–Trinajstić information content (AvgIpc) is 2.70. The number of rotatable bonds is 4. The Morgan fingerprint density at radius 1 is 0.733 bits per heavy atom. The summed E-state index contributed by atoms with van der Waals surface area (Å²) in [4.78, 5) is 25.2. The van der Waals surface area contributed by atoms with Crippen LogP contribution in [0.15, 0.2) is 24.3 Å². The Labute approximate surface area is 172 Å². The number of carbonyl (C=O) groups is 2. The highest BCUT2D eigenvalue weighted by Crippen LogP contribution is 2.35. The van der Waals surface area contributed by atoms with Crippen LogP contribution in [0, 0.1) is 6.92 Å². The van der Waals surface area contributed by atoms with Gasteiger partial charge in [0.1, 0.15) is 0 Å². The standard InChI is InChI=1S/C21H24N2O7/c1-10-6-11(7-15(24)18(10)27)20(29)22-13-4-2-3-5-14(13)23-21(30)12-8-16(25)19(28)17(26)9-12/h6-9,13-14,24-28H,2-5H2,1H3,(H,22,29)(H,23,30)/t13-,14-/m0/s1. The summed E-state index contributed by atoms with van der Waals surface area (Å²) in [7, 11) is 0. The fraction of sp³-hybridized carbons (Fsp3) is 0.333. The molecule has 0 bridgehead atoms. The number of carbonyl (C=O) groups excluding carboxylic acids is 2. The highest BCUT2D eigenvalue weighted by Gasteiger charge is 2.29. The fourth-order valence-electron chi connectivity index (χ4n) is 3.61. The number of phenolic OH excluding ortho intramolecular Hbond substituents is 5. The molecule has 3 rings (SSSR count). The third kappa shape index (κ3) is 4.35. The summed E-state index contributed by atoms with van der Waals surface area (Å²) in [5.41, 5.74) is 0.518. The second-order valence-corrected chi connectivity index (χ2v) is 7.47. The van der Waals surface area contributed by atoms with E-state index in [9.17, 15) is 35.1 Å². The van der Waals surface area contributed by atoms with Gasteiger partial charge in [-0.15, -0.1) is 0 Å². The first kappa shape index (κ1) is 21.1. The summed E-state index contributed by atoms with van der Waals surface area (Å²) in [5.74, 6) is -3.62. The summed E-state index contributed by atoms with van der Waals surface area (Å²) in [6.07, 6.45) is 2.96. The molecule has 7 N–H and O–H groups in total. The molecule has 2 aromatic carbocycles. The zero-order chi connectivity index (χ0) is 22.0. The van der Waals surface area contributed by atoms with Crippen LogP contribution in [0.2, 0.25) is 0 Å². The van der Waals surface area contributed by atoms with Gasteiger partial charge in [-0.1, -0.05) is 12.8 Å². The molecule has 1 saturated carbocycles. The van der Waals surface area contributed by atoms with Gasteiger partial charge in [0.15, 0.2) is 28.7 Å². The van der Waals surface area contributed by atoms with Gasteiger partial charge in [-0.3, -0.25) is 9.59 Å². The van der Waals surface area contributed by atoms with Crippen molar-refractivity contribution >= 4 is 11.8 Å². The largest absolute Gasteiger partial charge is 0.504 e. The third-order valence-corrected chi connectivity index (χ3v) is 5.27. The van der Waals surface area contributed by atoms with E-state index >= 15 is 0 Å². The van der Waals surface area contributed by atoms with Gasteiger partial charge < -0.3 is 36.2 Å². The van der Waals surface area contributed by atoms with Crippen molar-refractivity contribution in [2.45, 2.75) is 44.7 Å². The van der Waals surface area contributed by atoms with Gasteiger partial charge in [-0.2, -0.15) is 0 Å². The quantitative estimate of drug-likeness (QED) is 0.375. The lowest BCUT2D eigenvalue weighted by Crippen LogP contribution is -2.53. The van der Waals surface area contributed by atoms with E-state index < -0.39 is 29.1 Å². The molecule has 30 heavy (non-hydrogen) atoms. The Bertz CT molecular complexity index is 864. The minimum atomic E-state index is -0.707. The minimum Gasteiger partial charge on any atom is -0.504 e. The summed E-state index contributed by atoms with van der Waals surface area (Å²) < 4.78 is 0. The van der Waals surface area contributed by atoms with Crippen LogP contribution in [0.5, 0.6) is 28.7 Å². The van der Waals surface area contributed by atoms with Crippen LogP contribution in [0.4, 0.5) is 0 Å². The number of hydrogen-bond donors (Lipinski definition) is 7. The van der Waals surface area contributed by atoms with Crippen molar-refractivity contribution in [1.82, 2.24) is 10.6 Å². The van der Waals surface area contributed by atoms with E-state index in [0.29, 0.717) is 18.4 Å². The third-order valence-electron chi connectivity index (χ3n) is 5.27. The first-order valence-corrected chi connectivity index (χ1v) is 9.56. The summed E-state index contributed by atoms with van der Waals surface area (Å²) >= 11 is 0. The van der Waals surface area contributed by atoms with E-state index in [4.69, 9.17) is 0 Å². The molecule has 1 aliphatic rings. The molecule has 0 saturated heterocycles. The number of phenols is 5. The Kier molecular flexibility index (Phi) is 5.91. The number of nitrogens with one attached hydrogen (secondary N) is 2. The smallest absolute Gasteiger partial charge is 0.251 e. The van der Waals surface area contributed by atoms with Gasteiger partial charge in [0.2, 0.25) is 0 Å². The number of hydrogen-bond acceptors (Lipinski definition) is 7. The van der Waals surface area contributed by atoms with Crippen LogP contribution < -0.4 is 10.6 Å². The van der Waals surface area contributed by atoms with Gasteiger partial charge in [0.25, 0.3) is 11.8 Å². The van der Waals surface area contributed by atoms with Crippen molar-refractivity contribution < 1.29 is 35.1 Å². The van der Waals surface area contributed by atoms with Crippen LogP contribution in [-0.2, 0) is 0 Å². The monoisotopic (exact) mass is 416 g/mol. The van der Waals surface area contributed by atoms with Crippen LogP contribution in [0.3, 0.4) is 0 Å². The molecule has 1 fully saturated rings. The Balaban J connectivity index is 1.73. The number of aromatic hydroxyl groups is 5. The van der Waals surface area contributed by atoms with Crippen molar-refractivity contribution in [1.29, 1.82) is 0 Å². The normalized spacial score (nSPS) is 18.6. The number of amides is 2. The predicted molar refractivity (Wildman–Crippen MR) is 107 cm³/mol. The van der Waals surface area contributed by atoms with Gasteiger partial charge >= 0.3 is 0 Å². The SMILES string of the molecule is Cc1cc(C(=O)N[C@H]2CCCC[C@@H]2NC(=O)c2cc(O)c(O)c(O)c2)cc(O)c1O. The van der Waals surface area contributed by atoms with Crippen molar-refractivity contribution in [3.8, 4) is 28.7 Å². The molecule has 9 nitrogen and oxygen atoms in total. The number of aryl methyl sites for hydroxylation is 1. The lowest BCUT2D eigenvalue weighted by atomic mass is 9.89. The van der Waals surface area contributed by atoms with Gasteiger partial charge in [0.05, 0.1) is 0 Å². The maximum Gasteiger partial charge on any atom is 0.251 e. The molecular weight excluding hydrogens is 392 g/mol. The Morgan fingerprint density at radius 2 is 1.13 bits per heavy atom. The molecule has 0 spiro atoms. The first-order valence-electron chi connectivity index (χ1n) is 9.56. The molecule has 1 aliphatic carbocycles. The van der Waals surface area contributed by atoms with E-state index in [2.05, 4.69) is 10.6 Å². The highest BCUT2D eigenvalue weighted by molar-refractivity contribution is 5.97. The molecule has 2 aromatic rings. The van der Waals surface area contributed by atoms with Gasteiger partial charge in [-0.05, 0) is 49.6 Å². The fourth-order valence-corrected chi connectivity index (χ4v) is 3.61. The second-order valence-electron chi connectivity index (χ2n) is 7.47. The van der Waals surface area contributed by atoms with Crippen molar-refractivity contribution in [2.75, 3.05) is 0 Å². The lowest BCUT2D eigenvalue weighted by molar-refractivity contribution is 0.0862. The topological polar surface area (TPSA) is 159 Å². The van der Waals surface area contributed by atoms with Gasteiger partial charge in [-0.25, -0.2) is 0 Å². The van der Waals surface area contributed by atoms with Crippen LogP contribution in [-0.4, -0.2) is 49.4 Å². The molecule has 160 valence electrons. The van der Waals surface area contributed by atoms with Crippen LogP contribution >= 0.6 is 0 Å². The van der Waals surface area contributed by atoms with E-state index in [1.165, 1.54) is 12.1 Å². The maximum atomic E-state index is 12.6. The molecule has 0 radical (unpaired) electrons. The zero-order valence-corrected chi connectivity index (χ0v) is 16.3. The molecule has 2 atom stereocenters. The average molecular weight is 416 g/mol. The second kappa shape index (κ2) is 8.40. The summed E-state index contributed by atoms with van der Waals surface area (Å²) in [6, 6.07) is 3.97. The first-order chi connectivity index (χ1) is 14.2. The van der Waals surface area contributed by atoms with E-state index in [-0.39, 0.29) is 34.7 Å². The van der Waals surface area contributed by atoms with Crippen molar-refractivity contribution in [3.63, 3.8) is 0 Å². The predicted octanol–water partition coefficient (Wildman–Crippen LogP) is 1.99. The molecule has 0 heterocycles. The Hall–Kier alpha value is -3.62. The lowest BCUT2D eigenvalue weighted by Gasteiger charge is -2.33.